The molecule has 2 heterocycles. The molecule has 1 saturated heterocycles. The van der Waals surface area contributed by atoms with Crippen molar-refractivity contribution < 1.29 is 20.1 Å². The number of aliphatic hydroxyl groups excluding tert-OH is 2. The van der Waals surface area contributed by atoms with Gasteiger partial charge in [-0.2, -0.15) is 0 Å². The Morgan fingerprint density at radius 3 is 2.89 bits per heavy atom. The molecule has 5 N–H and O–H groups in total. The minimum Gasteiger partial charge on any atom is -0.394 e. The van der Waals surface area contributed by atoms with Crippen LogP contribution >= 0.6 is 0 Å². The lowest BCUT2D eigenvalue weighted by molar-refractivity contribution is -0.0981. The molecule has 8 nitrogen and oxygen atoms in total. The summed E-state index contributed by atoms with van der Waals surface area (Å²) in [6.45, 7) is 0.851. The molecule has 18 heavy (non-hydrogen) atoms. The Bertz CT molecular complexity index is 501. The standard InChI is InChI=1S/C10H15N3O5/c1-10(17)6(15)5(4-14)18-9(10)13-3-2-12-7(11)8(13)16/h2-3,5-6,9,14-15,17H,4H2,1H3,(H2,11,12)/t5-,6-,9-,10-/m1/s1. The summed E-state index contributed by atoms with van der Waals surface area (Å²) in [5, 5.41) is 29.0. The summed E-state index contributed by atoms with van der Waals surface area (Å²) < 4.78 is 6.33. The third-order valence-electron chi connectivity index (χ3n) is 3.08. The van der Waals surface area contributed by atoms with Crippen molar-refractivity contribution in [1.29, 1.82) is 0 Å². The molecule has 100 valence electrons. The molecule has 0 amide bonds. The first-order valence-electron chi connectivity index (χ1n) is 5.39. The van der Waals surface area contributed by atoms with E-state index < -0.39 is 36.2 Å². The maximum Gasteiger partial charge on any atom is 0.295 e. The van der Waals surface area contributed by atoms with Gasteiger partial charge in [-0.3, -0.25) is 9.36 Å². The summed E-state index contributed by atoms with van der Waals surface area (Å²) >= 11 is 0. The van der Waals surface area contributed by atoms with Crippen molar-refractivity contribution >= 4 is 5.82 Å². The van der Waals surface area contributed by atoms with E-state index in [1.165, 1.54) is 19.3 Å². The predicted molar refractivity (Wildman–Crippen MR) is 60.5 cm³/mol. The second-order valence-electron chi connectivity index (χ2n) is 4.41. The number of hydrogen-bond acceptors (Lipinski definition) is 7. The van der Waals surface area contributed by atoms with Crippen LogP contribution in [0.5, 0.6) is 0 Å². The number of hydrogen-bond donors (Lipinski definition) is 4. The van der Waals surface area contributed by atoms with Crippen molar-refractivity contribution in [2.24, 2.45) is 0 Å². The van der Waals surface area contributed by atoms with Gasteiger partial charge in [0.05, 0.1) is 6.61 Å². The Balaban J connectivity index is 2.45. The molecule has 1 aromatic rings. The Hall–Kier alpha value is -1.48. The van der Waals surface area contributed by atoms with E-state index in [2.05, 4.69) is 4.98 Å². The Kier molecular flexibility index (Phi) is 3.11. The van der Waals surface area contributed by atoms with Gasteiger partial charge in [-0.05, 0) is 6.92 Å². The van der Waals surface area contributed by atoms with E-state index in [1.807, 2.05) is 0 Å². The lowest BCUT2D eigenvalue weighted by Gasteiger charge is -2.27. The van der Waals surface area contributed by atoms with E-state index >= 15 is 0 Å². The van der Waals surface area contributed by atoms with E-state index in [4.69, 9.17) is 15.6 Å². The smallest absolute Gasteiger partial charge is 0.295 e. The van der Waals surface area contributed by atoms with E-state index in [9.17, 15) is 15.0 Å². The zero-order chi connectivity index (χ0) is 13.5. The lowest BCUT2D eigenvalue weighted by atomic mass is 9.96. The van der Waals surface area contributed by atoms with Crippen LogP contribution in [0.3, 0.4) is 0 Å². The van der Waals surface area contributed by atoms with E-state index in [0.29, 0.717) is 0 Å². The average molecular weight is 257 g/mol. The number of aliphatic hydroxyl groups is 3. The van der Waals surface area contributed by atoms with Crippen molar-refractivity contribution in [2.45, 2.75) is 31.0 Å². The number of nitrogens with zero attached hydrogens (tertiary/aromatic N) is 2. The lowest BCUT2D eigenvalue weighted by Crippen LogP contribution is -2.46. The molecule has 0 radical (unpaired) electrons. The summed E-state index contributed by atoms with van der Waals surface area (Å²) in [6, 6.07) is 0. The topological polar surface area (TPSA) is 131 Å². The molecule has 2 rings (SSSR count). The van der Waals surface area contributed by atoms with Crippen LogP contribution < -0.4 is 11.3 Å². The van der Waals surface area contributed by atoms with Gasteiger partial charge < -0.3 is 25.8 Å². The number of rotatable bonds is 2. The van der Waals surface area contributed by atoms with Crippen molar-refractivity contribution in [1.82, 2.24) is 9.55 Å². The first-order chi connectivity index (χ1) is 8.39. The molecule has 0 aromatic carbocycles. The van der Waals surface area contributed by atoms with Gasteiger partial charge in [-0.1, -0.05) is 0 Å². The minimum absolute atomic E-state index is 0.237. The second kappa shape index (κ2) is 4.32. The summed E-state index contributed by atoms with van der Waals surface area (Å²) in [4.78, 5) is 15.4. The van der Waals surface area contributed by atoms with Gasteiger partial charge in [0, 0.05) is 12.4 Å². The average Bonchev–Trinajstić information content (AvgIpc) is 2.55. The SMILES string of the molecule is C[C@@]1(O)[C@H](O)[C@@H](CO)O[C@H]1n1ccnc(N)c1=O. The molecule has 1 aliphatic rings. The molecule has 0 saturated carbocycles. The largest absolute Gasteiger partial charge is 0.394 e. The van der Waals surface area contributed by atoms with Gasteiger partial charge >= 0.3 is 0 Å². The number of aromatic nitrogens is 2. The monoisotopic (exact) mass is 257 g/mol. The second-order valence-corrected chi connectivity index (χ2v) is 4.41. The molecule has 0 bridgehead atoms. The highest BCUT2D eigenvalue weighted by molar-refractivity contribution is 5.23. The fourth-order valence-corrected chi connectivity index (χ4v) is 2.02. The third kappa shape index (κ3) is 1.79. The molecule has 1 fully saturated rings. The maximum atomic E-state index is 11.8. The molecule has 0 spiro atoms. The van der Waals surface area contributed by atoms with Crippen molar-refractivity contribution in [3.63, 3.8) is 0 Å². The minimum atomic E-state index is -1.72. The summed E-state index contributed by atoms with van der Waals surface area (Å²) in [7, 11) is 0. The maximum absolute atomic E-state index is 11.8. The molecule has 1 aromatic heterocycles. The van der Waals surface area contributed by atoms with Gasteiger partial charge in [-0.15, -0.1) is 0 Å². The highest BCUT2D eigenvalue weighted by atomic mass is 16.6. The summed E-state index contributed by atoms with van der Waals surface area (Å²) in [5.41, 5.74) is 3.04. The molecule has 0 aliphatic carbocycles. The van der Waals surface area contributed by atoms with E-state index in [0.717, 1.165) is 4.57 Å². The first kappa shape index (κ1) is 13.0. The van der Waals surface area contributed by atoms with Gasteiger partial charge in [0.1, 0.15) is 17.8 Å². The van der Waals surface area contributed by atoms with Crippen molar-refractivity contribution in [3.8, 4) is 0 Å². The summed E-state index contributed by atoms with van der Waals surface area (Å²) in [5.74, 6) is -0.237. The van der Waals surface area contributed by atoms with E-state index in [1.54, 1.807) is 0 Å². The van der Waals surface area contributed by atoms with Crippen LogP contribution in [-0.2, 0) is 4.74 Å². The van der Waals surface area contributed by atoms with Crippen molar-refractivity contribution in [3.05, 3.63) is 22.7 Å². The quantitative estimate of drug-likeness (QED) is 0.474. The normalized spacial score (nSPS) is 35.9. The highest BCUT2D eigenvalue weighted by Gasteiger charge is 2.53. The molecular formula is C10H15N3O5. The Labute approximate surface area is 102 Å². The zero-order valence-electron chi connectivity index (χ0n) is 9.72. The Morgan fingerprint density at radius 1 is 1.67 bits per heavy atom. The molecule has 4 atom stereocenters. The van der Waals surface area contributed by atoms with Crippen LogP contribution in [-0.4, -0.2) is 49.3 Å². The fourth-order valence-electron chi connectivity index (χ4n) is 2.02. The van der Waals surface area contributed by atoms with Crippen LogP contribution in [0.2, 0.25) is 0 Å². The first-order valence-corrected chi connectivity index (χ1v) is 5.39. The van der Waals surface area contributed by atoms with Gasteiger partial charge in [0.2, 0.25) is 0 Å². The number of anilines is 1. The predicted octanol–water partition coefficient (Wildman–Crippen LogP) is -2.17. The van der Waals surface area contributed by atoms with Crippen molar-refractivity contribution in [2.75, 3.05) is 12.3 Å². The van der Waals surface area contributed by atoms with E-state index in [-0.39, 0.29) is 5.82 Å². The van der Waals surface area contributed by atoms with Gasteiger partial charge in [0.25, 0.3) is 5.56 Å². The zero-order valence-corrected chi connectivity index (χ0v) is 9.72. The Morgan fingerprint density at radius 2 is 2.33 bits per heavy atom. The third-order valence-corrected chi connectivity index (χ3v) is 3.08. The van der Waals surface area contributed by atoms with Crippen LogP contribution in [0, 0.1) is 0 Å². The molecule has 8 heteroatoms. The fraction of sp³-hybridized carbons (Fsp3) is 0.600. The van der Waals surface area contributed by atoms with Crippen LogP contribution in [0.1, 0.15) is 13.2 Å². The van der Waals surface area contributed by atoms with Crippen LogP contribution in [0.4, 0.5) is 5.82 Å². The number of ether oxygens (including phenoxy) is 1. The molecule has 0 unspecified atom stereocenters. The molecular weight excluding hydrogens is 242 g/mol. The van der Waals surface area contributed by atoms with Crippen LogP contribution in [0.15, 0.2) is 17.2 Å². The van der Waals surface area contributed by atoms with Gasteiger partial charge in [0.15, 0.2) is 12.0 Å². The number of nitrogens with two attached hydrogens (primary N) is 1. The molecule has 1 aliphatic heterocycles. The van der Waals surface area contributed by atoms with Gasteiger partial charge in [-0.25, -0.2) is 4.98 Å². The highest BCUT2D eigenvalue weighted by Crippen LogP contribution is 2.37. The number of nitrogen functional groups attached to an aromatic ring is 1. The summed E-state index contributed by atoms with van der Waals surface area (Å²) in [6.07, 6.45) is -0.832. The van der Waals surface area contributed by atoms with Crippen LogP contribution in [0.25, 0.3) is 0 Å².